The Kier molecular flexibility index (Phi) is 3.12. The maximum atomic E-state index is 5.86. The molecule has 0 amide bonds. The maximum Gasteiger partial charge on any atom is 0.0206 e. The van der Waals surface area contributed by atoms with Crippen LogP contribution in [-0.4, -0.2) is 32.7 Å². The molecule has 1 fully saturated rings. The molecule has 3 nitrogen and oxygen atoms in total. The molecule has 0 saturated carbocycles. The first-order valence-corrected chi connectivity index (χ1v) is 3.95. The number of rotatable bonds is 2. The first-order chi connectivity index (χ1) is 4.84. The molecule has 2 unspecified atom stereocenters. The molecule has 1 aliphatic heterocycles. The molecule has 4 N–H and O–H groups in total. The molecule has 0 spiro atoms. The van der Waals surface area contributed by atoms with E-state index in [1.807, 2.05) is 7.05 Å². The van der Waals surface area contributed by atoms with E-state index in [-0.39, 0.29) is 0 Å². The van der Waals surface area contributed by atoms with Crippen LogP contribution in [0.1, 0.15) is 6.42 Å². The van der Waals surface area contributed by atoms with Crippen molar-refractivity contribution >= 4 is 0 Å². The Morgan fingerprint density at radius 2 is 2.50 bits per heavy atom. The summed E-state index contributed by atoms with van der Waals surface area (Å²) in [6.07, 6.45) is 1.21. The van der Waals surface area contributed by atoms with Gasteiger partial charge in [-0.05, 0) is 32.5 Å². The lowest BCUT2D eigenvalue weighted by Gasteiger charge is -2.28. The number of hydrogen-bond acceptors (Lipinski definition) is 3. The molecule has 0 aromatic rings. The van der Waals surface area contributed by atoms with E-state index in [4.69, 9.17) is 5.73 Å². The van der Waals surface area contributed by atoms with Crippen molar-refractivity contribution in [3.05, 3.63) is 0 Å². The fourth-order valence-corrected chi connectivity index (χ4v) is 1.45. The minimum Gasteiger partial charge on any atom is -0.326 e. The van der Waals surface area contributed by atoms with Crippen LogP contribution in [0.25, 0.3) is 0 Å². The Balaban J connectivity index is 2.25. The van der Waals surface area contributed by atoms with Crippen molar-refractivity contribution in [1.29, 1.82) is 0 Å². The third-order valence-electron chi connectivity index (χ3n) is 2.14. The molecule has 2 atom stereocenters. The molecule has 0 bridgehead atoms. The predicted molar refractivity (Wildman–Crippen MR) is 42.9 cm³/mol. The van der Waals surface area contributed by atoms with Gasteiger partial charge < -0.3 is 16.4 Å². The third kappa shape index (κ3) is 1.94. The van der Waals surface area contributed by atoms with E-state index in [2.05, 4.69) is 10.6 Å². The quantitative estimate of drug-likeness (QED) is 0.471. The van der Waals surface area contributed by atoms with Gasteiger partial charge >= 0.3 is 0 Å². The van der Waals surface area contributed by atoms with Crippen molar-refractivity contribution in [2.45, 2.75) is 12.5 Å². The second kappa shape index (κ2) is 3.91. The summed E-state index contributed by atoms with van der Waals surface area (Å²) in [6.45, 7) is 3.16. The van der Waals surface area contributed by atoms with Crippen molar-refractivity contribution in [3.63, 3.8) is 0 Å². The van der Waals surface area contributed by atoms with Crippen LogP contribution in [0.5, 0.6) is 0 Å². The van der Waals surface area contributed by atoms with E-state index < -0.39 is 0 Å². The van der Waals surface area contributed by atoms with Crippen LogP contribution in [0.15, 0.2) is 0 Å². The zero-order chi connectivity index (χ0) is 7.40. The summed E-state index contributed by atoms with van der Waals surface area (Å²) in [4.78, 5) is 0. The second-order valence-corrected chi connectivity index (χ2v) is 2.97. The topological polar surface area (TPSA) is 50.1 Å². The van der Waals surface area contributed by atoms with Crippen molar-refractivity contribution < 1.29 is 0 Å². The highest BCUT2D eigenvalue weighted by Crippen LogP contribution is 2.08. The molecule has 1 aliphatic rings. The fourth-order valence-electron chi connectivity index (χ4n) is 1.45. The summed E-state index contributed by atoms with van der Waals surface area (Å²) in [5.41, 5.74) is 5.86. The molecular formula is C7H17N3. The second-order valence-electron chi connectivity index (χ2n) is 2.97. The lowest BCUT2D eigenvalue weighted by atomic mass is 9.93. The Hall–Kier alpha value is -0.120. The first-order valence-electron chi connectivity index (χ1n) is 3.95. The minimum atomic E-state index is 0.348. The van der Waals surface area contributed by atoms with Crippen LogP contribution in [0.2, 0.25) is 0 Å². The molecule has 0 aliphatic carbocycles. The zero-order valence-electron chi connectivity index (χ0n) is 6.56. The van der Waals surface area contributed by atoms with E-state index in [1.54, 1.807) is 0 Å². The molecule has 1 heterocycles. The predicted octanol–water partition coefficient (Wildman–Crippen LogP) is -0.857. The van der Waals surface area contributed by atoms with E-state index in [0.29, 0.717) is 12.0 Å². The highest BCUT2D eigenvalue weighted by atomic mass is 14.9. The van der Waals surface area contributed by atoms with Crippen LogP contribution in [0, 0.1) is 5.92 Å². The Labute approximate surface area is 62.4 Å². The van der Waals surface area contributed by atoms with Crippen molar-refractivity contribution in [2.75, 3.05) is 26.7 Å². The molecular weight excluding hydrogens is 126 g/mol. The molecule has 60 valence electrons. The molecule has 0 aromatic heterocycles. The smallest absolute Gasteiger partial charge is 0.0206 e. The van der Waals surface area contributed by atoms with Crippen LogP contribution in [-0.2, 0) is 0 Å². The Morgan fingerprint density at radius 3 is 3.10 bits per heavy atom. The Bertz CT molecular complexity index is 92.9. The van der Waals surface area contributed by atoms with E-state index in [1.165, 1.54) is 6.42 Å². The van der Waals surface area contributed by atoms with Gasteiger partial charge in [0.1, 0.15) is 0 Å². The van der Waals surface area contributed by atoms with Gasteiger partial charge in [0.25, 0.3) is 0 Å². The zero-order valence-corrected chi connectivity index (χ0v) is 6.56. The van der Waals surface area contributed by atoms with Gasteiger partial charge in [-0.1, -0.05) is 0 Å². The molecule has 3 heteroatoms. The molecule has 0 aromatic carbocycles. The van der Waals surface area contributed by atoms with Gasteiger partial charge in [-0.25, -0.2) is 0 Å². The van der Waals surface area contributed by atoms with Crippen LogP contribution >= 0.6 is 0 Å². The number of nitrogens with two attached hydrogens (primary N) is 1. The van der Waals surface area contributed by atoms with Crippen molar-refractivity contribution in [2.24, 2.45) is 11.7 Å². The normalized spacial score (nSPS) is 34.2. The summed E-state index contributed by atoms with van der Waals surface area (Å²) < 4.78 is 0. The number of nitrogens with one attached hydrogen (secondary N) is 2. The van der Waals surface area contributed by atoms with Crippen LogP contribution in [0.3, 0.4) is 0 Å². The SMILES string of the molecule is CNCC1CCNCC1N. The van der Waals surface area contributed by atoms with Crippen LogP contribution < -0.4 is 16.4 Å². The highest BCUT2D eigenvalue weighted by molar-refractivity contribution is 4.81. The summed E-state index contributed by atoms with van der Waals surface area (Å²) in [6, 6.07) is 0.348. The molecule has 10 heavy (non-hydrogen) atoms. The fraction of sp³-hybridized carbons (Fsp3) is 1.00. The monoisotopic (exact) mass is 143 g/mol. The number of hydrogen-bond donors (Lipinski definition) is 3. The summed E-state index contributed by atoms with van der Waals surface area (Å²) in [7, 11) is 1.98. The van der Waals surface area contributed by atoms with E-state index in [9.17, 15) is 0 Å². The molecule has 0 radical (unpaired) electrons. The first kappa shape index (κ1) is 7.98. The van der Waals surface area contributed by atoms with Gasteiger partial charge in [-0.15, -0.1) is 0 Å². The van der Waals surface area contributed by atoms with Crippen LogP contribution in [0.4, 0.5) is 0 Å². The van der Waals surface area contributed by atoms with Crippen molar-refractivity contribution in [3.8, 4) is 0 Å². The lowest BCUT2D eigenvalue weighted by Crippen LogP contribution is -2.48. The average molecular weight is 143 g/mol. The van der Waals surface area contributed by atoms with Gasteiger partial charge in [0.2, 0.25) is 0 Å². The van der Waals surface area contributed by atoms with Gasteiger partial charge in [-0.3, -0.25) is 0 Å². The Morgan fingerprint density at radius 1 is 1.70 bits per heavy atom. The summed E-state index contributed by atoms with van der Waals surface area (Å²) in [5, 5.41) is 6.43. The largest absolute Gasteiger partial charge is 0.326 e. The van der Waals surface area contributed by atoms with Crippen molar-refractivity contribution in [1.82, 2.24) is 10.6 Å². The average Bonchev–Trinajstić information content (AvgIpc) is 1.94. The molecule has 1 saturated heterocycles. The highest BCUT2D eigenvalue weighted by Gasteiger charge is 2.19. The van der Waals surface area contributed by atoms with E-state index in [0.717, 1.165) is 19.6 Å². The summed E-state index contributed by atoms with van der Waals surface area (Å²) >= 11 is 0. The summed E-state index contributed by atoms with van der Waals surface area (Å²) in [5.74, 6) is 0.672. The maximum absolute atomic E-state index is 5.86. The van der Waals surface area contributed by atoms with Gasteiger partial charge in [0, 0.05) is 12.6 Å². The van der Waals surface area contributed by atoms with E-state index >= 15 is 0 Å². The minimum absolute atomic E-state index is 0.348. The molecule has 1 rings (SSSR count). The van der Waals surface area contributed by atoms with Gasteiger partial charge in [0.05, 0.1) is 0 Å². The van der Waals surface area contributed by atoms with Gasteiger partial charge in [-0.2, -0.15) is 0 Å². The van der Waals surface area contributed by atoms with Gasteiger partial charge in [0.15, 0.2) is 0 Å². The standard InChI is InChI=1S/C7H17N3/c1-9-4-6-2-3-10-5-7(6)8/h6-7,9-10H,2-5,8H2,1H3. The number of piperidine rings is 1. The third-order valence-corrected chi connectivity index (χ3v) is 2.14. The lowest BCUT2D eigenvalue weighted by molar-refractivity contribution is 0.318.